The third-order valence-corrected chi connectivity index (χ3v) is 0.922. The number of imidazole rings is 1. The Morgan fingerprint density at radius 1 is 1.89 bits per heavy atom. The molecule has 0 saturated carbocycles. The molecule has 1 heterocycles. The molecule has 0 aliphatic rings. The Labute approximate surface area is 55.0 Å². The van der Waals surface area contributed by atoms with Crippen LogP contribution in [0.2, 0.25) is 5.15 Å². The first kappa shape index (κ1) is 6.03. The van der Waals surface area contributed by atoms with Crippen molar-refractivity contribution in [2.45, 2.75) is 0 Å². The van der Waals surface area contributed by atoms with Gasteiger partial charge in [0.2, 0.25) is 0 Å². The Balaban J connectivity index is 2.98. The van der Waals surface area contributed by atoms with Gasteiger partial charge in [0.05, 0.1) is 0 Å². The Kier molecular flexibility index (Phi) is 1.35. The summed E-state index contributed by atoms with van der Waals surface area (Å²) >= 11 is 5.27. The molecule has 0 atom stereocenters. The van der Waals surface area contributed by atoms with Gasteiger partial charge in [-0.2, -0.15) is 0 Å². The number of rotatable bonds is 1. The first-order chi connectivity index (χ1) is 4.20. The third-order valence-electron chi connectivity index (χ3n) is 0.727. The number of nitro groups is 1. The van der Waals surface area contributed by atoms with Crippen LogP contribution in [-0.2, 0) is 0 Å². The predicted octanol–water partition coefficient (Wildman–Crippen LogP) is 0.576. The van der Waals surface area contributed by atoms with E-state index in [0.29, 0.717) is 4.68 Å². The highest BCUT2D eigenvalue weighted by molar-refractivity contribution is 6.29. The van der Waals surface area contributed by atoms with Crippen molar-refractivity contribution >= 4 is 11.6 Å². The minimum absolute atomic E-state index is 0.117. The van der Waals surface area contributed by atoms with Crippen molar-refractivity contribution in [3.8, 4) is 0 Å². The molecular formula is C3H2ClN3O2. The SMILES string of the molecule is O=[N+]([O-])n1cnc(Cl)c1. The monoisotopic (exact) mass is 147 g/mol. The molecule has 0 bridgehead atoms. The molecule has 1 rings (SSSR count). The maximum atomic E-state index is 9.88. The number of nitrogens with zero attached hydrogens (tertiary/aromatic N) is 3. The van der Waals surface area contributed by atoms with Crippen LogP contribution in [0, 0.1) is 10.1 Å². The van der Waals surface area contributed by atoms with E-state index in [1.807, 2.05) is 0 Å². The standard InChI is InChI=1S/C3H2ClN3O2/c4-3-1-6(2-5-3)7(8)9/h1-2H. The van der Waals surface area contributed by atoms with Gasteiger partial charge in [0.25, 0.3) is 0 Å². The summed E-state index contributed by atoms with van der Waals surface area (Å²) < 4.78 is 0.683. The summed E-state index contributed by atoms with van der Waals surface area (Å²) in [5, 5.41) is 9.38. The van der Waals surface area contributed by atoms with Gasteiger partial charge in [-0.15, -0.1) is 0 Å². The molecule has 0 unspecified atom stereocenters. The fourth-order valence-corrected chi connectivity index (χ4v) is 0.523. The maximum Gasteiger partial charge on any atom is 0.170 e. The van der Waals surface area contributed by atoms with E-state index >= 15 is 0 Å². The van der Waals surface area contributed by atoms with Crippen molar-refractivity contribution in [1.82, 2.24) is 9.66 Å². The van der Waals surface area contributed by atoms with Gasteiger partial charge in [-0.25, -0.2) is 15.1 Å². The molecule has 1 aromatic heterocycles. The van der Waals surface area contributed by atoms with Crippen LogP contribution in [0.25, 0.3) is 0 Å². The van der Waals surface area contributed by atoms with Gasteiger partial charge in [0, 0.05) is 0 Å². The lowest BCUT2D eigenvalue weighted by atomic mass is 10.9. The molecule has 9 heavy (non-hydrogen) atoms. The van der Waals surface area contributed by atoms with Crippen molar-refractivity contribution in [2.75, 3.05) is 0 Å². The summed E-state index contributed by atoms with van der Waals surface area (Å²) in [4.78, 5) is 13.3. The maximum absolute atomic E-state index is 9.88. The van der Waals surface area contributed by atoms with Crippen molar-refractivity contribution < 1.29 is 5.03 Å². The fraction of sp³-hybridized carbons (Fsp3) is 0. The first-order valence-corrected chi connectivity index (χ1v) is 2.42. The molecule has 0 aromatic carbocycles. The zero-order valence-electron chi connectivity index (χ0n) is 4.19. The minimum atomic E-state index is -0.626. The van der Waals surface area contributed by atoms with Gasteiger partial charge >= 0.3 is 0 Å². The lowest BCUT2D eigenvalue weighted by molar-refractivity contribution is -0.542. The second-order valence-corrected chi connectivity index (χ2v) is 1.70. The van der Waals surface area contributed by atoms with Crippen LogP contribution in [0.3, 0.4) is 0 Å². The van der Waals surface area contributed by atoms with E-state index in [9.17, 15) is 10.1 Å². The van der Waals surface area contributed by atoms with E-state index in [2.05, 4.69) is 4.98 Å². The Hall–Kier alpha value is -1.10. The molecule has 0 amide bonds. The summed E-state index contributed by atoms with van der Waals surface area (Å²) in [7, 11) is 0. The summed E-state index contributed by atoms with van der Waals surface area (Å²) in [6.07, 6.45) is 2.14. The molecular weight excluding hydrogens is 146 g/mol. The van der Waals surface area contributed by atoms with Gasteiger partial charge in [-0.3, -0.25) is 0 Å². The van der Waals surface area contributed by atoms with E-state index in [4.69, 9.17) is 11.6 Å². The molecule has 5 nitrogen and oxygen atoms in total. The summed E-state index contributed by atoms with van der Waals surface area (Å²) in [6, 6.07) is 0. The number of hydrogen-bond donors (Lipinski definition) is 0. The van der Waals surface area contributed by atoms with Crippen molar-refractivity contribution in [3.05, 3.63) is 27.8 Å². The number of halogens is 1. The van der Waals surface area contributed by atoms with Crippen molar-refractivity contribution in [2.24, 2.45) is 0 Å². The minimum Gasteiger partial charge on any atom is -0.234 e. The van der Waals surface area contributed by atoms with Crippen LogP contribution in [0.1, 0.15) is 0 Å². The molecule has 0 N–H and O–H groups in total. The molecule has 0 aliphatic carbocycles. The van der Waals surface area contributed by atoms with Crippen LogP contribution in [0.15, 0.2) is 12.5 Å². The molecule has 1 aromatic rings. The molecule has 0 fully saturated rings. The highest BCUT2D eigenvalue weighted by Gasteiger charge is 2.00. The second-order valence-electron chi connectivity index (χ2n) is 1.31. The Morgan fingerprint density at radius 2 is 2.56 bits per heavy atom. The Bertz CT molecular complexity index is 233. The van der Waals surface area contributed by atoms with Crippen molar-refractivity contribution in [1.29, 1.82) is 0 Å². The normalized spacial score (nSPS) is 9.44. The average Bonchev–Trinajstić information content (AvgIpc) is 2.14. The molecule has 0 saturated heterocycles. The molecule has 6 heteroatoms. The van der Waals surface area contributed by atoms with Crippen LogP contribution in [0.4, 0.5) is 0 Å². The summed E-state index contributed by atoms with van der Waals surface area (Å²) in [5.74, 6) is 0. The summed E-state index contributed by atoms with van der Waals surface area (Å²) in [5.41, 5.74) is 0. The third kappa shape index (κ3) is 1.17. The van der Waals surface area contributed by atoms with Crippen molar-refractivity contribution in [3.63, 3.8) is 0 Å². The van der Waals surface area contributed by atoms with Crippen LogP contribution in [-0.4, -0.2) is 14.7 Å². The zero-order chi connectivity index (χ0) is 6.85. The zero-order valence-corrected chi connectivity index (χ0v) is 4.95. The molecule has 0 spiro atoms. The summed E-state index contributed by atoms with van der Waals surface area (Å²) in [6.45, 7) is 0. The number of hydrogen-bond acceptors (Lipinski definition) is 3. The lowest BCUT2D eigenvalue weighted by Gasteiger charge is -1.82. The smallest absolute Gasteiger partial charge is 0.170 e. The quantitative estimate of drug-likeness (QED) is 0.431. The highest BCUT2D eigenvalue weighted by atomic mass is 35.5. The van der Waals surface area contributed by atoms with E-state index in [-0.39, 0.29) is 5.15 Å². The number of aromatic nitrogens is 2. The van der Waals surface area contributed by atoms with Gasteiger partial charge < -0.3 is 0 Å². The van der Waals surface area contributed by atoms with E-state index < -0.39 is 5.03 Å². The van der Waals surface area contributed by atoms with Gasteiger partial charge in [-0.1, -0.05) is 16.3 Å². The van der Waals surface area contributed by atoms with Crippen LogP contribution >= 0.6 is 11.6 Å². The molecule has 0 radical (unpaired) electrons. The average molecular weight is 148 g/mol. The van der Waals surface area contributed by atoms with Crippen LogP contribution in [0.5, 0.6) is 0 Å². The predicted molar refractivity (Wildman–Crippen MR) is 29.6 cm³/mol. The second kappa shape index (κ2) is 2.02. The van der Waals surface area contributed by atoms with E-state index in [1.54, 1.807) is 0 Å². The topological polar surface area (TPSA) is 61.0 Å². The van der Waals surface area contributed by atoms with Gasteiger partial charge in [0.15, 0.2) is 16.5 Å². The van der Waals surface area contributed by atoms with Gasteiger partial charge in [-0.05, 0) is 0 Å². The van der Waals surface area contributed by atoms with E-state index in [1.165, 1.54) is 0 Å². The molecule has 0 aliphatic heterocycles. The highest BCUT2D eigenvalue weighted by Crippen LogP contribution is 2.00. The largest absolute Gasteiger partial charge is 0.234 e. The van der Waals surface area contributed by atoms with E-state index in [0.717, 1.165) is 12.5 Å². The first-order valence-electron chi connectivity index (χ1n) is 2.04. The lowest BCUT2D eigenvalue weighted by Crippen LogP contribution is -2.04. The fourth-order valence-electron chi connectivity index (χ4n) is 0.379. The Morgan fingerprint density at radius 3 is 2.78 bits per heavy atom. The van der Waals surface area contributed by atoms with Gasteiger partial charge in [0.1, 0.15) is 6.20 Å². The van der Waals surface area contributed by atoms with Crippen LogP contribution < -0.4 is 0 Å². The molecule has 48 valence electrons.